The number of fused-ring (bicyclic) bond motifs is 1. The van der Waals surface area contributed by atoms with E-state index in [0.717, 1.165) is 42.3 Å². The van der Waals surface area contributed by atoms with Crippen molar-refractivity contribution in [2.24, 2.45) is 5.73 Å². The maximum absolute atomic E-state index is 5.51. The van der Waals surface area contributed by atoms with Crippen LogP contribution >= 0.6 is 11.3 Å². The van der Waals surface area contributed by atoms with Gasteiger partial charge < -0.3 is 20.7 Å². The Labute approximate surface area is 115 Å². The summed E-state index contributed by atoms with van der Waals surface area (Å²) in [7, 11) is 0. The maximum Gasteiger partial charge on any atom is 0.226 e. The van der Waals surface area contributed by atoms with Gasteiger partial charge in [-0.25, -0.2) is 4.98 Å². The number of ether oxygens (including phenoxy) is 1. The highest BCUT2D eigenvalue weighted by molar-refractivity contribution is 7.16. The van der Waals surface area contributed by atoms with Crippen molar-refractivity contribution >= 4 is 33.3 Å². The molecule has 0 radical (unpaired) electrons. The van der Waals surface area contributed by atoms with Crippen LogP contribution in [0.1, 0.15) is 0 Å². The summed E-state index contributed by atoms with van der Waals surface area (Å²) in [5.74, 6) is 1.65. The number of morpholine rings is 1. The first kappa shape index (κ1) is 12.6. The van der Waals surface area contributed by atoms with Gasteiger partial charge in [-0.15, -0.1) is 11.3 Å². The lowest BCUT2D eigenvalue weighted by atomic mass is 10.3. The second kappa shape index (κ2) is 5.68. The van der Waals surface area contributed by atoms with Gasteiger partial charge in [-0.05, 0) is 11.4 Å². The van der Waals surface area contributed by atoms with Crippen LogP contribution in [0.3, 0.4) is 0 Å². The Morgan fingerprint density at radius 3 is 3.00 bits per heavy atom. The minimum atomic E-state index is 0.568. The molecule has 3 rings (SSSR count). The second-order valence-corrected chi connectivity index (χ2v) is 5.22. The van der Waals surface area contributed by atoms with Crippen LogP contribution < -0.4 is 16.0 Å². The Bertz CT molecular complexity index is 552. The summed E-state index contributed by atoms with van der Waals surface area (Å²) in [6.45, 7) is 4.50. The Morgan fingerprint density at radius 2 is 2.21 bits per heavy atom. The molecule has 0 unspecified atom stereocenters. The fourth-order valence-corrected chi connectivity index (χ4v) is 2.88. The van der Waals surface area contributed by atoms with Crippen molar-refractivity contribution in [2.45, 2.75) is 0 Å². The molecular formula is C12H17N5OS. The smallest absolute Gasteiger partial charge is 0.226 e. The lowest BCUT2D eigenvalue weighted by molar-refractivity contribution is 0.122. The van der Waals surface area contributed by atoms with E-state index in [9.17, 15) is 0 Å². The first-order chi connectivity index (χ1) is 9.38. The lowest BCUT2D eigenvalue weighted by Crippen LogP contribution is -2.37. The van der Waals surface area contributed by atoms with Crippen molar-refractivity contribution in [2.75, 3.05) is 49.6 Å². The van der Waals surface area contributed by atoms with Gasteiger partial charge in [-0.1, -0.05) is 0 Å². The molecule has 1 fully saturated rings. The molecule has 2 aromatic rings. The number of hydrogen-bond donors (Lipinski definition) is 2. The van der Waals surface area contributed by atoms with E-state index in [2.05, 4.69) is 31.6 Å². The number of aromatic nitrogens is 2. The molecule has 2 aromatic heterocycles. The van der Waals surface area contributed by atoms with Crippen molar-refractivity contribution < 1.29 is 4.74 Å². The molecule has 1 aliphatic rings. The van der Waals surface area contributed by atoms with Crippen molar-refractivity contribution in [3.8, 4) is 0 Å². The Hall–Kier alpha value is -1.44. The molecular weight excluding hydrogens is 262 g/mol. The highest BCUT2D eigenvalue weighted by Gasteiger charge is 2.17. The fourth-order valence-electron chi connectivity index (χ4n) is 2.12. The van der Waals surface area contributed by atoms with E-state index in [1.165, 1.54) is 0 Å². The lowest BCUT2D eigenvalue weighted by Gasteiger charge is -2.28. The van der Waals surface area contributed by atoms with Gasteiger partial charge in [-0.3, -0.25) is 0 Å². The van der Waals surface area contributed by atoms with Gasteiger partial charge in [-0.2, -0.15) is 4.98 Å². The predicted octanol–water partition coefficient (Wildman–Crippen LogP) is 0.899. The summed E-state index contributed by atoms with van der Waals surface area (Å²) in [4.78, 5) is 12.4. The highest BCUT2D eigenvalue weighted by Crippen LogP contribution is 2.29. The average Bonchev–Trinajstić information content (AvgIpc) is 2.93. The summed E-state index contributed by atoms with van der Waals surface area (Å²) < 4.78 is 5.40. The van der Waals surface area contributed by atoms with Gasteiger partial charge >= 0.3 is 0 Å². The van der Waals surface area contributed by atoms with E-state index in [1.807, 2.05) is 0 Å². The number of nitrogens with zero attached hydrogens (tertiary/aromatic N) is 3. The zero-order valence-electron chi connectivity index (χ0n) is 10.6. The van der Waals surface area contributed by atoms with E-state index in [4.69, 9.17) is 10.5 Å². The Kier molecular flexibility index (Phi) is 3.77. The van der Waals surface area contributed by atoms with Crippen LogP contribution in [0.4, 0.5) is 11.8 Å². The summed E-state index contributed by atoms with van der Waals surface area (Å²) in [6, 6.07) is 2.08. The first-order valence-corrected chi connectivity index (χ1v) is 7.28. The van der Waals surface area contributed by atoms with Gasteiger partial charge in [0.25, 0.3) is 0 Å². The molecule has 0 amide bonds. The van der Waals surface area contributed by atoms with Gasteiger partial charge in [0, 0.05) is 26.2 Å². The molecule has 6 nitrogen and oxygen atoms in total. The quantitative estimate of drug-likeness (QED) is 0.866. The van der Waals surface area contributed by atoms with Crippen molar-refractivity contribution in [1.82, 2.24) is 9.97 Å². The van der Waals surface area contributed by atoms with Crippen molar-refractivity contribution in [1.29, 1.82) is 0 Å². The van der Waals surface area contributed by atoms with Crippen LogP contribution in [0.5, 0.6) is 0 Å². The van der Waals surface area contributed by atoms with Crippen LogP contribution in [-0.2, 0) is 4.74 Å². The third kappa shape index (κ3) is 2.63. The average molecular weight is 279 g/mol. The summed E-state index contributed by atoms with van der Waals surface area (Å²) in [6.07, 6.45) is 0. The molecule has 0 aromatic carbocycles. The topological polar surface area (TPSA) is 76.3 Å². The maximum atomic E-state index is 5.51. The van der Waals surface area contributed by atoms with Gasteiger partial charge in [0.05, 0.1) is 18.6 Å². The Morgan fingerprint density at radius 1 is 1.37 bits per heavy atom. The highest BCUT2D eigenvalue weighted by atomic mass is 32.1. The molecule has 0 atom stereocenters. The fraction of sp³-hybridized carbons (Fsp3) is 0.500. The summed E-state index contributed by atoms with van der Waals surface area (Å²) in [5, 5.41) is 6.32. The number of rotatable bonds is 4. The van der Waals surface area contributed by atoms with E-state index in [-0.39, 0.29) is 0 Å². The van der Waals surface area contributed by atoms with Crippen molar-refractivity contribution in [3.63, 3.8) is 0 Å². The summed E-state index contributed by atoms with van der Waals surface area (Å²) >= 11 is 1.63. The standard InChI is InChI=1S/C12H17N5OS/c13-2-3-14-12-15-10(17-4-6-18-7-5-17)9-1-8-19-11(9)16-12/h1,8H,2-7,13H2,(H,14,15,16). The van der Waals surface area contributed by atoms with Gasteiger partial charge in [0.2, 0.25) is 5.95 Å². The molecule has 1 saturated heterocycles. The van der Waals surface area contributed by atoms with Crippen LogP contribution in [0.15, 0.2) is 11.4 Å². The van der Waals surface area contributed by atoms with Crippen LogP contribution in [0.25, 0.3) is 10.2 Å². The zero-order valence-corrected chi connectivity index (χ0v) is 11.4. The molecule has 0 aliphatic carbocycles. The van der Waals surface area contributed by atoms with Crippen LogP contribution in [-0.4, -0.2) is 49.4 Å². The molecule has 3 heterocycles. The van der Waals surface area contributed by atoms with E-state index >= 15 is 0 Å². The molecule has 0 spiro atoms. The molecule has 1 aliphatic heterocycles. The van der Waals surface area contributed by atoms with Gasteiger partial charge in [0.1, 0.15) is 10.6 Å². The normalized spacial score (nSPS) is 15.9. The number of nitrogens with one attached hydrogen (secondary N) is 1. The van der Waals surface area contributed by atoms with Crippen LogP contribution in [0.2, 0.25) is 0 Å². The summed E-state index contributed by atoms with van der Waals surface area (Å²) in [5.41, 5.74) is 5.51. The molecule has 0 bridgehead atoms. The molecule has 19 heavy (non-hydrogen) atoms. The molecule has 3 N–H and O–H groups in total. The van der Waals surface area contributed by atoms with Crippen LogP contribution in [0, 0.1) is 0 Å². The zero-order chi connectivity index (χ0) is 13.1. The monoisotopic (exact) mass is 279 g/mol. The third-order valence-electron chi connectivity index (χ3n) is 3.04. The largest absolute Gasteiger partial charge is 0.378 e. The predicted molar refractivity (Wildman–Crippen MR) is 78.0 cm³/mol. The molecule has 7 heteroatoms. The van der Waals surface area contributed by atoms with E-state index in [0.29, 0.717) is 19.0 Å². The molecule has 102 valence electrons. The second-order valence-electron chi connectivity index (χ2n) is 4.33. The number of nitrogens with two attached hydrogens (primary N) is 1. The third-order valence-corrected chi connectivity index (χ3v) is 3.85. The number of thiophene rings is 1. The van der Waals surface area contributed by atoms with Gasteiger partial charge in [0.15, 0.2) is 0 Å². The molecule has 0 saturated carbocycles. The minimum Gasteiger partial charge on any atom is -0.378 e. The number of anilines is 2. The van der Waals surface area contributed by atoms with E-state index < -0.39 is 0 Å². The number of hydrogen-bond acceptors (Lipinski definition) is 7. The SMILES string of the molecule is NCCNc1nc(N2CCOCC2)c2ccsc2n1. The minimum absolute atomic E-state index is 0.568. The van der Waals surface area contributed by atoms with E-state index in [1.54, 1.807) is 11.3 Å². The van der Waals surface area contributed by atoms with Crippen molar-refractivity contribution in [3.05, 3.63) is 11.4 Å². The Balaban J connectivity index is 1.97. The first-order valence-electron chi connectivity index (χ1n) is 6.40.